The SMILES string of the molecule is O=C1c2cccc3cccc(c23)C(O)(Cc2ccccc2)N1CCO. The quantitative estimate of drug-likeness (QED) is 0.772. The van der Waals surface area contributed by atoms with E-state index < -0.39 is 5.72 Å². The number of amides is 1. The molecule has 4 rings (SSSR count). The van der Waals surface area contributed by atoms with E-state index in [1.54, 1.807) is 6.07 Å². The van der Waals surface area contributed by atoms with Crippen LogP contribution in [0.25, 0.3) is 10.8 Å². The number of aliphatic hydroxyl groups excluding tert-OH is 1. The van der Waals surface area contributed by atoms with Gasteiger partial charge < -0.3 is 15.1 Å². The molecule has 2 N–H and O–H groups in total. The first-order valence-electron chi connectivity index (χ1n) is 8.36. The van der Waals surface area contributed by atoms with E-state index >= 15 is 0 Å². The number of hydrogen-bond donors (Lipinski definition) is 2. The molecule has 0 fully saturated rings. The molecule has 3 aromatic rings. The van der Waals surface area contributed by atoms with E-state index in [1.807, 2.05) is 60.7 Å². The molecule has 4 heteroatoms. The molecule has 25 heavy (non-hydrogen) atoms. The van der Waals surface area contributed by atoms with Crippen molar-refractivity contribution in [2.45, 2.75) is 12.1 Å². The summed E-state index contributed by atoms with van der Waals surface area (Å²) < 4.78 is 0. The lowest BCUT2D eigenvalue weighted by Crippen LogP contribution is -2.54. The molecule has 0 radical (unpaired) electrons. The van der Waals surface area contributed by atoms with Gasteiger partial charge in [-0.2, -0.15) is 0 Å². The zero-order valence-corrected chi connectivity index (χ0v) is 13.7. The summed E-state index contributed by atoms with van der Waals surface area (Å²) in [4.78, 5) is 14.4. The topological polar surface area (TPSA) is 60.8 Å². The molecule has 0 saturated heterocycles. The lowest BCUT2D eigenvalue weighted by atomic mass is 9.83. The average molecular weight is 333 g/mol. The van der Waals surface area contributed by atoms with Gasteiger partial charge in [0, 0.05) is 29.5 Å². The van der Waals surface area contributed by atoms with Crippen LogP contribution in [-0.2, 0) is 12.1 Å². The Morgan fingerprint density at radius 2 is 1.64 bits per heavy atom. The van der Waals surface area contributed by atoms with Crippen LogP contribution in [0.3, 0.4) is 0 Å². The third-order valence-electron chi connectivity index (χ3n) is 4.88. The van der Waals surface area contributed by atoms with Crippen LogP contribution in [0.1, 0.15) is 21.5 Å². The molecule has 126 valence electrons. The summed E-state index contributed by atoms with van der Waals surface area (Å²) in [5.74, 6) is -0.253. The number of benzene rings is 3. The number of nitrogens with zero attached hydrogens (tertiary/aromatic N) is 1. The molecule has 1 heterocycles. The molecule has 0 spiro atoms. The van der Waals surface area contributed by atoms with Crippen LogP contribution in [0, 0.1) is 0 Å². The zero-order chi connectivity index (χ0) is 17.4. The number of hydrogen-bond acceptors (Lipinski definition) is 3. The van der Waals surface area contributed by atoms with Crippen molar-refractivity contribution in [3.8, 4) is 0 Å². The molecule has 1 aliphatic rings. The molecule has 1 aliphatic heterocycles. The Balaban J connectivity index is 1.96. The van der Waals surface area contributed by atoms with Gasteiger partial charge in [-0.25, -0.2) is 0 Å². The summed E-state index contributed by atoms with van der Waals surface area (Å²) in [6.45, 7) is -0.131. The van der Waals surface area contributed by atoms with Crippen LogP contribution in [0.4, 0.5) is 0 Å². The molecule has 4 nitrogen and oxygen atoms in total. The van der Waals surface area contributed by atoms with Gasteiger partial charge in [0.15, 0.2) is 5.72 Å². The molecule has 1 atom stereocenters. The van der Waals surface area contributed by atoms with Crippen LogP contribution >= 0.6 is 0 Å². The first-order valence-corrected chi connectivity index (χ1v) is 8.36. The fourth-order valence-corrected chi connectivity index (χ4v) is 3.77. The molecule has 1 amide bonds. The van der Waals surface area contributed by atoms with Crippen molar-refractivity contribution in [1.82, 2.24) is 4.90 Å². The van der Waals surface area contributed by atoms with Crippen molar-refractivity contribution < 1.29 is 15.0 Å². The van der Waals surface area contributed by atoms with Crippen LogP contribution < -0.4 is 0 Å². The summed E-state index contributed by atoms with van der Waals surface area (Å²) in [6, 6.07) is 20.9. The van der Waals surface area contributed by atoms with Crippen LogP contribution in [0.5, 0.6) is 0 Å². The lowest BCUT2D eigenvalue weighted by molar-refractivity contribution is -0.0986. The predicted molar refractivity (Wildman–Crippen MR) is 96.1 cm³/mol. The Bertz CT molecular complexity index is 933. The van der Waals surface area contributed by atoms with Crippen LogP contribution in [-0.4, -0.2) is 34.2 Å². The van der Waals surface area contributed by atoms with Crippen molar-refractivity contribution in [2.24, 2.45) is 0 Å². The average Bonchev–Trinajstić information content (AvgIpc) is 2.64. The summed E-state index contributed by atoms with van der Waals surface area (Å²) in [5, 5.41) is 22.8. The third-order valence-corrected chi connectivity index (χ3v) is 4.88. The Morgan fingerprint density at radius 1 is 0.920 bits per heavy atom. The minimum atomic E-state index is -1.49. The van der Waals surface area contributed by atoms with Gasteiger partial charge in [0.25, 0.3) is 5.91 Å². The number of β-amino-alcohol motifs (C(OH)–C–C–N with tert-alkyl or cyclic N) is 1. The highest BCUT2D eigenvalue weighted by molar-refractivity contribution is 6.10. The van der Waals surface area contributed by atoms with E-state index in [0.29, 0.717) is 11.1 Å². The molecule has 0 aliphatic carbocycles. The summed E-state index contributed by atoms with van der Waals surface area (Å²) in [6.07, 6.45) is 0.271. The van der Waals surface area contributed by atoms with Gasteiger partial charge in [0.2, 0.25) is 0 Å². The van der Waals surface area contributed by atoms with Gasteiger partial charge in [-0.15, -0.1) is 0 Å². The monoisotopic (exact) mass is 333 g/mol. The predicted octanol–water partition coefficient (Wildman–Crippen LogP) is 2.68. The molecule has 0 bridgehead atoms. The van der Waals surface area contributed by atoms with Crippen molar-refractivity contribution in [1.29, 1.82) is 0 Å². The first-order chi connectivity index (χ1) is 12.1. The number of aliphatic hydroxyl groups is 2. The summed E-state index contributed by atoms with van der Waals surface area (Å²) >= 11 is 0. The third kappa shape index (κ3) is 2.42. The van der Waals surface area contributed by atoms with Gasteiger partial charge in [0.05, 0.1) is 6.61 Å². The fourth-order valence-electron chi connectivity index (χ4n) is 3.77. The highest BCUT2D eigenvalue weighted by Gasteiger charge is 2.45. The van der Waals surface area contributed by atoms with Crippen LogP contribution in [0.15, 0.2) is 66.7 Å². The minimum Gasteiger partial charge on any atom is -0.395 e. The molecule has 0 aromatic heterocycles. The second-order valence-corrected chi connectivity index (χ2v) is 6.37. The Labute approximate surface area is 145 Å². The fraction of sp³-hybridized carbons (Fsp3) is 0.190. The Morgan fingerprint density at radius 3 is 2.36 bits per heavy atom. The summed E-state index contributed by atoms with van der Waals surface area (Å²) in [7, 11) is 0. The summed E-state index contributed by atoms with van der Waals surface area (Å²) in [5.41, 5.74) is 0.712. The maximum atomic E-state index is 13.1. The molecular formula is C21H19NO3. The van der Waals surface area contributed by atoms with Crippen molar-refractivity contribution in [2.75, 3.05) is 13.2 Å². The molecule has 0 saturated carbocycles. The Hall–Kier alpha value is -2.69. The second-order valence-electron chi connectivity index (χ2n) is 6.37. The van der Waals surface area contributed by atoms with Crippen molar-refractivity contribution >= 4 is 16.7 Å². The maximum absolute atomic E-state index is 13.1. The molecule has 3 aromatic carbocycles. The zero-order valence-electron chi connectivity index (χ0n) is 13.7. The molecular weight excluding hydrogens is 314 g/mol. The van der Waals surface area contributed by atoms with E-state index in [1.165, 1.54) is 4.90 Å². The van der Waals surface area contributed by atoms with E-state index in [2.05, 4.69) is 0 Å². The smallest absolute Gasteiger partial charge is 0.257 e. The van der Waals surface area contributed by atoms with Gasteiger partial charge >= 0.3 is 0 Å². The lowest BCUT2D eigenvalue weighted by Gasteiger charge is -2.44. The van der Waals surface area contributed by atoms with Crippen LogP contribution in [0.2, 0.25) is 0 Å². The number of carbonyl (C=O) groups is 1. The first kappa shape index (κ1) is 15.8. The van der Waals surface area contributed by atoms with Gasteiger partial charge in [-0.1, -0.05) is 60.7 Å². The van der Waals surface area contributed by atoms with E-state index in [0.717, 1.165) is 16.3 Å². The standard InChI is InChI=1S/C21H19NO3/c23-13-12-22-20(24)17-10-4-8-16-9-5-11-18(19(16)17)21(22,25)14-15-6-2-1-3-7-15/h1-11,23,25H,12-14H2. The van der Waals surface area contributed by atoms with Crippen molar-refractivity contribution in [3.63, 3.8) is 0 Å². The van der Waals surface area contributed by atoms with Gasteiger partial charge in [-0.05, 0) is 17.0 Å². The minimum absolute atomic E-state index is 0.0763. The van der Waals surface area contributed by atoms with Gasteiger partial charge in [0.1, 0.15) is 0 Å². The van der Waals surface area contributed by atoms with Crippen molar-refractivity contribution in [3.05, 3.63) is 83.4 Å². The van der Waals surface area contributed by atoms with E-state index in [9.17, 15) is 15.0 Å². The number of rotatable bonds is 4. The largest absolute Gasteiger partial charge is 0.395 e. The Kier molecular flexibility index (Phi) is 3.79. The van der Waals surface area contributed by atoms with Gasteiger partial charge in [-0.3, -0.25) is 4.79 Å². The highest BCUT2D eigenvalue weighted by atomic mass is 16.3. The normalized spacial score (nSPS) is 19.4. The number of carbonyl (C=O) groups excluding carboxylic acids is 1. The highest BCUT2D eigenvalue weighted by Crippen LogP contribution is 2.41. The van der Waals surface area contributed by atoms with E-state index in [-0.39, 0.29) is 25.5 Å². The maximum Gasteiger partial charge on any atom is 0.257 e. The van der Waals surface area contributed by atoms with E-state index in [4.69, 9.17) is 0 Å². The molecule has 1 unspecified atom stereocenters. The second kappa shape index (κ2) is 5.99.